The fourth-order valence-corrected chi connectivity index (χ4v) is 1.93. The Balaban J connectivity index is 2.29. The van der Waals surface area contributed by atoms with E-state index in [1.165, 1.54) is 0 Å². The summed E-state index contributed by atoms with van der Waals surface area (Å²) in [5.41, 5.74) is 7.22. The Morgan fingerprint density at radius 2 is 2.25 bits per heavy atom. The first-order valence-electron chi connectivity index (χ1n) is 4.94. The minimum Gasteiger partial charge on any atom is -0.369 e. The van der Waals surface area contributed by atoms with Crippen LogP contribution in [-0.2, 0) is 11.2 Å². The number of alkyl halides is 1. The van der Waals surface area contributed by atoms with Crippen LogP contribution in [0.2, 0.25) is 0 Å². The molecule has 2 aromatic rings. The fourth-order valence-electron chi connectivity index (χ4n) is 1.56. The molecule has 4 heteroatoms. The summed E-state index contributed by atoms with van der Waals surface area (Å²) in [4.78, 5) is 14.8. The van der Waals surface area contributed by atoms with Crippen LogP contribution in [0.5, 0.6) is 0 Å². The quantitative estimate of drug-likeness (QED) is 0.874. The van der Waals surface area contributed by atoms with Gasteiger partial charge in [0.2, 0.25) is 5.91 Å². The Hall–Kier alpha value is -1.42. The summed E-state index contributed by atoms with van der Waals surface area (Å²) in [5.74, 6) is -0.341. The van der Waals surface area contributed by atoms with Crippen LogP contribution in [-0.4, -0.2) is 15.7 Å². The molecule has 2 rings (SSSR count). The summed E-state index contributed by atoms with van der Waals surface area (Å²) < 4.78 is 0. The standard InChI is InChI=1S/C12H11BrN2O/c13-10(12(14)16)7-8-3-4-11-9(6-8)2-1-5-15-11/h1-6,10H,7H2,(H2,14,16). The summed E-state index contributed by atoms with van der Waals surface area (Å²) in [5, 5.41) is 1.07. The number of rotatable bonds is 3. The van der Waals surface area contributed by atoms with Crippen molar-refractivity contribution in [1.29, 1.82) is 0 Å². The Morgan fingerprint density at radius 3 is 3.00 bits per heavy atom. The number of nitrogens with two attached hydrogens (primary N) is 1. The van der Waals surface area contributed by atoms with Crippen LogP contribution in [0.25, 0.3) is 10.9 Å². The predicted molar refractivity (Wildman–Crippen MR) is 67.4 cm³/mol. The van der Waals surface area contributed by atoms with Crippen molar-refractivity contribution in [1.82, 2.24) is 4.98 Å². The number of benzene rings is 1. The normalized spacial score (nSPS) is 12.6. The molecule has 82 valence electrons. The molecule has 0 radical (unpaired) electrons. The van der Waals surface area contributed by atoms with E-state index in [-0.39, 0.29) is 10.7 Å². The van der Waals surface area contributed by atoms with E-state index in [1.54, 1.807) is 6.20 Å². The maximum absolute atomic E-state index is 10.9. The van der Waals surface area contributed by atoms with Crippen molar-refractivity contribution in [3.63, 3.8) is 0 Å². The number of hydrogen-bond acceptors (Lipinski definition) is 2. The number of carbonyl (C=O) groups excluding carboxylic acids is 1. The average Bonchev–Trinajstić information content (AvgIpc) is 2.28. The maximum Gasteiger partial charge on any atom is 0.231 e. The lowest BCUT2D eigenvalue weighted by Crippen LogP contribution is -2.24. The van der Waals surface area contributed by atoms with Crippen LogP contribution in [0.1, 0.15) is 5.56 Å². The first kappa shape index (κ1) is 11.1. The van der Waals surface area contributed by atoms with Gasteiger partial charge in [-0.3, -0.25) is 9.78 Å². The highest BCUT2D eigenvalue weighted by molar-refractivity contribution is 9.10. The molecule has 0 aliphatic heterocycles. The van der Waals surface area contributed by atoms with Crippen LogP contribution in [0.3, 0.4) is 0 Å². The molecular formula is C12H11BrN2O. The zero-order valence-corrected chi connectivity index (χ0v) is 10.1. The Kier molecular flexibility index (Phi) is 3.19. The van der Waals surface area contributed by atoms with Crippen LogP contribution in [0, 0.1) is 0 Å². The molecule has 0 saturated heterocycles. The number of nitrogens with zero attached hydrogens (tertiary/aromatic N) is 1. The molecule has 2 N–H and O–H groups in total. The molecule has 1 unspecified atom stereocenters. The minimum absolute atomic E-state index is 0.318. The minimum atomic E-state index is -0.341. The van der Waals surface area contributed by atoms with E-state index in [1.807, 2.05) is 30.3 Å². The lowest BCUT2D eigenvalue weighted by atomic mass is 10.1. The second-order valence-electron chi connectivity index (χ2n) is 3.60. The number of amides is 1. The summed E-state index contributed by atoms with van der Waals surface area (Å²) in [6, 6.07) is 9.84. The molecule has 1 amide bonds. The lowest BCUT2D eigenvalue weighted by molar-refractivity contribution is -0.117. The number of pyridine rings is 1. The van der Waals surface area contributed by atoms with Crippen LogP contribution >= 0.6 is 15.9 Å². The Labute approximate surface area is 102 Å². The van der Waals surface area contributed by atoms with Crippen molar-refractivity contribution in [2.24, 2.45) is 5.73 Å². The molecule has 0 spiro atoms. The first-order valence-corrected chi connectivity index (χ1v) is 5.85. The van der Waals surface area contributed by atoms with E-state index in [0.717, 1.165) is 16.5 Å². The summed E-state index contributed by atoms with van der Waals surface area (Å²) in [7, 11) is 0. The van der Waals surface area contributed by atoms with Crippen molar-refractivity contribution in [2.75, 3.05) is 0 Å². The second kappa shape index (κ2) is 4.61. The third-order valence-electron chi connectivity index (χ3n) is 2.39. The average molecular weight is 279 g/mol. The first-order chi connectivity index (χ1) is 7.66. The number of fused-ring (bicyclic) bond motifs is 1. The van der Waals surface area contributed by atoms with Gasteiger partial charge in [0.25, 0.3) is 0 Å². The van der Waals surface area contributed by atoms with Crippen LogP contribution < -0.4 is 5.73 Å². The van der Waals surface area contributed by atoms with Gasteiger partial charge < -0.3 is 5.73 Å². The van der Waals surface area contributed by atoms with E-state index in [9.17, 15) is 4.79 Å². The molecule has 1 aromatic carbocycles. The molecule has 1 aromatic heterocycles. The second-order valence-corrected chi connectivity index (χ2v) is 4.71. The van der Waals surface area contributed by atoms with Gasteiger partial charge in [0.05, 0.1) is 10.3 Å². The molecule has 0 aliphatic rings. The molecule has 0 fully saturated rings. The van der Waals surface area contributed by atoms with E-state index >= 15 is 0 Å². The smallest absolute Gasteiger partial charge is 0.231 e. The van der Waals surface area contributed by atoms with Gasteiger partial charge >= 0.3 is 0 Å². The number of aromatic nitrogens is 1. The highest BCUT2D eigenvalue weighted by atomic mass is 79.9. The monoisotopic (exact) mass is 278 g/mol. The van der Waals surface area contributed by atoms with Crippen molar-refractivity contribution in [3.05, 3.63) is 42.1 Å². The third-order valence-corrected chi connectivity index (χ3v) is 3.17. The molecule has 0 saturated carbocycles. The molecule has 16 heavy (non-hydrogen) atoms. The van der Waals surface area contributed by atoms with Gasteiger partial charge in [-0.1, -0.05) is 28.1 Å². The van der Waals surface area contributed by atoms with Gasteiger partial charge in [0, 0.05) is 11.6 Å². The zero-order chi connectivity index (χ0) is 11.5. The highest BCUT2D eigenvalue weighted by Crippen LogP contribution is 2.16. The fraction of sp³-hybridized carbons (Fsp3) is 0.167. The number of hydrogen-bond donors (Lipinski definition) is 1. The lowest BCUT2D eigenvalue weighted by Gasteiger charge is -2.06. The number of halogens is 1. The molecule has 0 bridgehead atoms. The molecule has 1 heterocycles. The van der Waals surface area contributed by atoms with Gasteiger partial charge in [-0.2, -0.15) is 0 Å². The van der Waals surface area contributed by atoms with E-state index < -0.39 is 0 Å². The molecular weight excluding hydrogens is 268 g/mol. The number of carbonyl (C=O) groups is 1. The van der Waals surface area contributed by atoms with Gasteiger partial charge in [-0.05, 0) is 30.2 Å². The largest absolute Gasteiger partial charge is 0.369 e. The Bertz CT molecular complexity index is 527. The predicted octanol–water partition coefficient (Wildman–Crippen LogP) is 2.03. The maximum atomic E-state index is 10.9. The van der Waals surface area contributed by atoms with Gasteiger partial charge in [0.15, 0.2) is 0 Å². The van der Waals surface area contributed by atoms with Crippen LogP contribution in [0.15, 0.2) is 36.5 Å². The van der Waals surface area contributed by atoms with Crippen molar-refractivity contribution in [2.45, 2.75) is 11.2 Å². The molecule has 1 atom stereocenters. The highest BCUT2D eigenvalue weighted by Gasteiger charge is 2.11. The molecule has 3 nitrogen and oxygen atoms in total. The summed E-state index contributed by atoms with van der Waals surface area (Å²) in [6.45, 7) is 0. The topological polar surface area (TPSA) is 56.0 Å². The van der Waals surface area contributed by atoms with Crippen molar-refractivity contribution in [3.8, 4) is 0 Å². The van der Waals surface area contributed by atoms with Gasteiger partial charge in [-0.15, -0.1) is 0 Å². The van der Waals surface area contributed by atoms with E-state index in [4.69, 9.17) is 5.73 Å². The van der Waals surface area contributed by atoms with Crippen molar-refractivity contribution >= 4 is 32.7 Å². The van der Waals surface area contributed by atoms with Gasteiger partial charge in [0.1, 0.15) is 0 Å². The van der Waals surface area contributed by atoms with E-state index in [0.29, 0.717) is 6.42 Å². The summed E-state index contributed by atoms with van der Waals surface area (Å²) >= 11 is 3.25. The van der Waals surface area contributed by atoms with Crippen molar-refractivity contribution < 1.29 is 4.79 Å². The van der Waals surface area contributed by atoms with Gasteiger partial charge in [-0.25, -0.2) is 0 Å². The zero-order valence-electron chi connectivity index (χ0n) is 8.56. The molecule has 0 aliphatic carbocycles. The van der Waals surface area contributed by atoms with E-state index in [2.05, 4.69) is 20.9 Å². The summed E-state index contributed by atoms with van der Waals surface area (Å²) in [6.07, 6.45) is 2.36. The van der Waals surface area contributed by atoms with Crippen LogP contribution in [0.4, 0.5) is 0 Å². The Morgan fingerprint density at radius 1 is 1.44 bits per heavy atom. The third kappa shape index (κ3) is 2.39. The number of primary amides is 1. The SMILES string of the molecule is NC(=O)C(Br)Cc1ccc2ncccc2c1.